The number of nitrogens with zero attached hydrogens (tertiary/aromatic N) is 1. The van der Waals surface area contributed by atoms with Crippen molar-refractivity contribution in [1.29, 1.82) is 0 Å². The molecular formula is C9H14N2OS. The average molecular weight is 198 g/mol. The van der Waals surface area contributed by atoms with Gasteiger partial charge in [-0.3, -0.25) is 4.79 Å². The van der Waals surface area contributed by atoms with Crippen molar-refractivity contribution in [3.8, 4) is 0 Å². The maximum Gasteiger partial charge on any atom is 0.265 e. The van der Waals surface area contributed by atoms with E-state index in [1.165, 1.54) is 11.3 Å². The van der Waals surface area contributed by atoms with Crippen LogP contribution >= 0.6 is 11.3 Å². The lowest BCUT2D eigenvalue weighted by Gasteiger charge is -2.14. The molecule has 0 unspecified atom stereocenters. The van der Waals surface area contributed by atoms with Crippen LogP contribution in [-0.4, -0.2) is 24.4 Å². The molecule has 1 aromatic rings. The average Bonchev–Trinajstić information content (AvgIpc) is 2.50. The minimum Gasteiger partial charge on any atom is -0.397 e. The molecule has 4 heteroatoms. The number of rotatable bonds is 3. The van der Waals surface area contributed by atoms with Gasteiger partial charge in [-0.05, 0) is 17.9 Å². The largest absolute Gasteiger partial charge is 0.397 e. The van der Waals surface area contributed by atoms with Gasteiger partial charge in [0.1, 0.15) is 4.88 Å². The number of nitrogens with two attached hydrogens (primary N) is 1. The van der Waals surface area contributed by atoms with Crippen LogP contribution in [0.1, 0.15) is 23.0 Å². The van der Waals surface area contributed by atoms with Gasteiger partial charge in [0.15, 0.2) is 0 Å². The third kappa shape index (κ3) is 2.21. The van der Waals surface area contributed by atoms with Crippen molar-refractivity contribution < 1.29 is 4.79 Å². The second-order valence-electron chi connectivity index (χ2n) is 2.93. The Bertz CT molecular complexity index is 296. The third-order valence-corrected chi connectivity index (χ3v) is 2.71. The molecule has 0 bridgehead atoms. The van der Waals surface area contributed by atoms with Gasteiger partial charge in [-0.25, -0.2) is 0 Å². The summed E-state index contributed by atoms with van der Waals surface area (Å²) in [7, 11) is 1.80. The predicted molar refractivity (Wildman–Crippen MR) is 56.0 cm³/mol. The Morgan fingerprint density at radius 1 is 1.69 bits per heavy atom. The van der Waals surface area contributed by atoms with Crippen LogP contribution in [0.4, 0.5) is 5.69 Å². The van der Waals surface area contributed by atoms with Crippen LogP contribution in [0, 0.1) is 0 Å². The monoisotopic (exact) mass is 198 g/mol. The summed E-state index contributed by atoms with van der Waals surface area (Å²) in [5.74, 6) is 0.0225. The Hall–Kier alpha value is -1.03. The van der Waals surface area contributed by atoms with Crippen LogP contribution in [0.3, 0.4) is 0 Å². The molecule has 0 aliphatic carbocycles. The van der Waals surface area contributed by atoms with Gasteiger partial charge in [0, 0.05) is 13.6 Å². The van der Waals surface area contributed by atoms with Gasteiger partial charge in [0.05, 0.1) is 5.69 Å². The molecule has 3 nitrogen and oxygen atoms in total. The van der Waals surface area contributed by atoms with E-state index >= 15 is 0 Å². The van der Waals surface area contributed by atoms with Crippen LogP contribution in [0.5, 0.6) is 0 Å². The topological polar surface area (TPSA) is 46.3 Å². The lowest BCUT2D eigenvalue weighted by molar-refractivity contribution is 0.0801. The smallest absolute Gasteiger partial charge is 0.265 e. The molecule has 2 N–H and O–H groups in total. The molecule has 0 fully saturated rings. The summed E-state index contributed by atoms with van der Waals surface area (Å²) in [4.78, 5) is 14.0. The van der Waals surface area contributed by atoms with Gasteiger partial charge < -0.3 is 10.6 Å². The fourth-order valence-electron chi connectivity index (χ4n) is 1.10. The first-order valence-electron chi connectivity index (χ1n) is 4.25. The SMILES string of the molecule is CCCN(C)C(=O)c1sccc1N. The molecule has 0 saturated carbocycles. The van der Waals surface area contributed by atoms with Crippen molar-refractivity contribution >= 4 is 22.9 Å². The minimum absolute atomic E-state index is 0.0225. The molecule has 0 aromatic carbocycles. The van der Waals surface area contributed by atoms with Crippen LogP contribution < -0.4 is 5.73 Å². The molecule has 72 valence electrons. The number of carbonyl (C=O) groups is 1. The number of amides is 1. The lowest BCUT2D eigenvalue weighted by atomic mass is 10.3. The number of thiophene rings is 1. The van der Waals surface area contributed by atoms with Gasteiger partial charge in [-0.15, -0.1) is 11.3 Å². The Labute approximate surface area is 82.2 Å². The molecule has 1 amide bonds. The number of hydrogen-bond acceptors (Lipinski definition) is 3. The molecule has 0 aliphatic rings. The maximum atomic E-state index is 11.7. The van der Waals surface area contributed by atoms with E-state index in [2.05, 4.69) is 0 Å². The van der Waals surface area contributed by atoms with Crippen LogP contribution in [0.15, 0.2) is 11.4 Å². The van der Waals surface area contributed by atoms with Gasteiger partial charge in [-0.2, -0.15) is 0 Å². The zero-order valence-electron chi connectivity index (χ0n) is 7.91. The Morgan fingerprint density at radius 3 is 2.85 bits per heavy atom. The van der Waals surface area contributed by atoms with Gasteiger partial charge >= 0.3 is 0 Å². The highest BCUT2D eigenvalue weighted by atomic mass is 32.1. The Balaban J connectivity index is 2.73. The standard InChI is InChI=1S/C9H14N2OS/c1-3-5-11(2)9(12)8-7(10)4-6-13-8/h4,6H,3,5,10H2,1-2H3. The minimum atomic E-state index is 0.0225. The number of anilines is 1. The first-order valence-corrected chi connectivity index (χ1v) is 5.13. The highest BCUT2D eigenvalue weighted by Gasteiger charge is 2.14. The summed E-state index contributed by atoms with van der Waals surface area (Å²) in [5, 5.41) is 1.84. The molecule has 1 aromatic heterocycles. The highest BCUT2D eigenvalue weighted by molar-refractivity contribution is 7.12. The first kappa shape index (κ1) is 10.1. The van der Waals surface area contributed by atoms with E-state index in [1.807, 2.05) is 12.3 Å². The second-order valence-corrected chi connectivity index (χ2v) is 3.85. The van der Waals surface area contributed by atoms with E-state index < -0.39 is 0 Å². The summed E-state index contributed by atoms with van der Waals surface area (Å²) in [6.07, 6.45) is 0.966. The lowest BCUT2D eigenvalue weighted by Crippen LogP contribution is -2.27. The van der Waals surface area contributed by atoms with Crippen LogP contribution in [0.25, 0.3) is 0 Å². The van der Waals surface area contributed by atoms with Crippen LogP contribution in [0.2, 0.25) is 0 Å². The number of carbonyl (C=O) groups excluding carboxylic acids is 1. The summed E-state index contributed by atoms with van der Waals surface area (Å²) >= 11 is 1.40. The first-order chi connectivity index (χ1) is 6.16. The maximum absolute atomic E-state index is 11.7. The van der Waals surface area contributed by atoms with E-state index in [0.717, 1.165) is 13.0 Å². The van der Waals surface area contributed by atoms with Crippen molar-refractivity contribution in [3.63, 3.8) is 0 Å². The van der Waals surface area contributed by atoms with E-state index in [1.54, 1.807) is 18.0 Å². The van der Waals surface area contributed by atoms with Gasteiger partial charge in [-0.1, -0.05) is 6.92 Å². The van der Waals surface area contributed by atoms with Gasteiger partial charge in [0.2, 0.25) is 0 Å². The molecule has 0 radical (unpaired) electrons. The van der Waals surface area contributed by atoms with Crippen molar-refractivity contribution in [2.45, 2.75) is 13.3 Å². The Kier molecular flexibility index (Phi) is 3.31. The summed E-state index contributed by atoms with van der Waals surface area (Å²) < 4.78 is 0. The van der Waals surface area contributed by atoms with Crippen molar-refractivity contribution in [2.24, 2.45) is 0 Å². The van der Waals surface area contributed by atoms with E-state index in [0.29, 0.717) is 10.6 Å². The molecule has 13 heavy (non-hydrogen) atoms. The fourth-order valence-corrected chi connectivity index (χ4v) is 1.91. The number of nitrogen functional groups attached to an aromatic ring is 1. The zero-order valence-corrected chi connectivity index (χ0v) is 8.73. The molecular weight excluding hydrogens is 184 g/mol. The predicted octanol–water partition coefficient (Wildman–Crippen LogP) is 1.81. The third-order valence-electron chi connectivity index (χ3n) is 1.80. The second kappa shape index (κ2) is 4.28. The van der Waals surface area contributed by atoms with E-state index in [-0.39, 0.29) is 5.91 Å². The normalized spacial score (nSPS) is 10.0. The quantitative estimate of drug-likeness (QED) is 0.805. The van der Waals surface area contributed by atoms with E-state index in [4.69, 9.17) is 5.73 Å². The molecule has 1 rings (SSSR count). The number of hydrogen-bond donors (Lipinski definition) is 1. The molecule has 1 heterocycles. The van der Waals surface area contributed by atoms with Crippen LogP contribution in [-0.2, 0) is 0 Å². The Morgan fingerprint density at radius 2 is 2.38 bits per heavy atom. The van der Waals surface area contributed by atoms with Crippen molar-refractivity contribution in [3.05, 3.63) is 16.3 Å². The summed E-state index contributed by atoms with van der Waals surface area (Å²) in [5.41, 5.74) is 6.22. The molecule has 0 atom stereocenters. The van der Waals surface area contributed by atoms with Crippen molar-refractivity contribution in [1.82, 2.24) is 4.90 Å². The highest BCUT2D eigenvalue weighted by Crippen LogP contribution is 2.20. The van der Waals surface area contributed by atoms with Gasteiger partial charge in [0.25, 0.3) is 5.91 Å². The molecule has 0 saturated heterocycles. The van der Waals surface area contributed by atoms with E-state index in [9.17, 15) is 4.79 Å². The zero-order chi connectivity index (χ0) is 9.84. The molecule has 0 aliphatic heterocycles. The molecule has 0 spiro atoms. The summed E-state index contributed by atoms with van der Waals surface area (Å²) in [6, 6.07) is 1.76. The van der Waals surface area contributed by atoms with Crippen molar-refractivity contribution in [2.75, 3.05) is 19.3 Å². The summed E-state index contributed by atoms with van der Waals surface area (Å²) in [6.45, 7) is 2.82. The fraction of sp³-hybridized carbons (Fsp3) is 0.444.